The number of aromatic nitrogens is 1. The van der Waals surface area contributed by atoms with Crippen molar-refractivity contribution in [2.75, 3.05) is 0 Å². The highest BCUT2D eigenvalue weighted by atomic mass is 32.2. The monoisotopic (exact) mass is 412 g/mol. The fraction of sp³-hybridized carbons (Fsp3) is 0.421. The molecule has 2 fully saturated rings. The van der Waals surface area contributed by atoms with Crippen LogP contribution in [0, 0.1) is 0 Å². The summed E-state index contributed by atoms with van der Waals surface area (Å²) in [4.78, 5) is 3.81. The molecule has 1 aromatic carbocycles. The molecule has 0 N–H and O–H groups in total. The first-order valence-corrected chi connectivity index (χ1v) is 10.5. The number of ether oxygens (including phenoxy) is 1. The molecule has 2 bridgehead atoms. The minimum absolute atomic E-state index is 0.166. The zero-order chi connectivity index (χ0) is 19.9. The maximum absolute atomic E-state index is 13.1. The van der Waals surface area contributed by atoms with Crippen molar-refractivity contribution in [3.63, 3.8) is 0 Å². The molecule has 2 aliphatic heterocycles. The molecule has 1 aromatic heterocycles. The van der Waals surface area contributed by atoms with Gasteiger partial charge in [0.2, 0.25) is 15.9 Å². The lowest BCUT2D eigenvalue weighted by Crippen LogP contribution is -2.49. The topological polar surface area (TPSA) is 59.5 Å². The average Bonchev–Trinajstić information content (AvgIpc) is 2.94. The minimum atomic E-state index is -4.59. The fourth-order valence-electron chi connectivity index (χ4n) is 4.11. The standard InChI is InChI=1S/C19H19F3N2O3S/c20-19(21,22)13-4-3-5-17(10-13)28(25,26)24-14-7-8-15(24)12-16(11-14)27-18-6-1-2-9-23-18/h1-6,9-10,14-16H,7-8,11-12H2. The van der Waals surface area contributed by atoms with Crippen LogP contribution in [0.25, 0.3) is 0 Å². The summed E-state index contributed by atoms with van der Waals surface area (Å²) in [5.74, 6) is 0.487. The van der Waals surface area contributed by atoms with E-state index in [4.69, 9.17) is 4.74 Å². The molecule has 0 aliphatic carbocycles. The highest BCUT2D eigenvalue weighted by Crippen LogP contribution is 2.41. The fourth-order valence-corrected chi connectivity index (χ4v) is 6.05. The van der Waals surface area contributed by atoms with E-state index in [0.717, 1.165) is 12.1 Å². The van der Waals surface area contributed by atoms with Crippen LogP contribution in [0.4, 0.5) is 13.2 Å². The van der Waals surface area contributed by atoms with Gasteiger partial charge in [0.15, 0.2) is 0 Å². The smallest absolute Gasteiger partial charge is 0.416 e. The van der Waals surface area contributed by atoms with Gasteiger partial charge in [-0.05, 0) is 37.1 Å². The number of nitrogens with zero attached hydrogens (tertiary/aromatic N) is 2. The molecule has 150 valence electrons. The molecule has 2 aliphatic rings. The van der Waals surface area contributed by atoms with E-state index in [1.54, 1.807) is 18.3 Å². The number of benzene rings is 1. The van der Waals surface area contributed by atoms with Gasteiger partial charge in [0, 0.05) is 37.2 Å². The van der Waals surface area contributed by atoms with Gasteiger partial charge < -0.3 is 4.74 Å². The number of hydrogen-bond donors (Lipinski definition) is 0. The third kappa shape index (κ3) is 3.60. The molecule has 9 heteroatoms. The van der Waals surface area contributed by atoms with Gasteiger partial charge in [0.1, 0.15) is 6.10 Å². The van der Waals surface area contributed by atoms with Crippen LogP contribution in [-0.2, 0) is 16.2 Å². The number of halogens is 3. The Morgan fingerprint density at radius 3 is 2.36 bits per heavy atom. The summed E-state index contributed by atoms with van der Waals surface area (Å²) in [5, 5.41) is 0. The number of sulfonamides is 1. The SMILES string of the molecule is O=S(=O)(c1cccc(C(F)(F)F)c1)N1C2CCC1CC(Oc1ccccn1)C2. The Hall–Kier alpha value is -2.13. The Morgan fingerprint density at radius 2 is 1.75 bits per heavy atom. The van der Waals surface area contributed by atoms with Gasteiger partial charge >= 0.3 is 6.18 Å². The van der Waals surface area contributed by atoms with E-state index >= 15 is 0 Å². The predicted molar refractivity (Wildman–Crippen MR) is 95.2 cm³/mol. The van der Waals surface area contributed by atoms with Crippen LogP contribution in [0.3, 0.4) is 0 Å². The van der Waals surface area contributed by atoms with Gasteiger partial charge in [-0.2, -0.15) is 17.5 Å². The zero-order valence-electron chi connectivity index (χ0n) is 14.8. The van der Waals surface area contributed by atoms with Crippen molar-refractivity contribution >= 4 is 10.0 Å². The van der Waals surface area contributed by atoms with E-state index < -0.39 is 21.8 Å². The second-order valence-electron chi connectivity index (χ2n) is 7.12. The van der Waals surface area contributed by atoms with E-state index in [0.29, 0.717) is 37.6 Å². The Bertz CT molecular complexity index is 936. The lowest BCUT2D eigenvalue weighted by molar-refractivity contribution is -0.137. The molecule has 0 spiro atoms. The Labute approximate surface area is 161 Å². The molecular weight excluding hydrogens is 393 g/mol. The van der Waals surface area contributed by atoms with Crippen molar-refractivity contribution in [2.45, 2.75) is 54.9 Å². The molecule has 3 heterocycles. The maximum Gasteiger partial charge on any atom is 0.416 e. The largest absolute Gasteiger partial charge is 0.474 e. The zero-order valence-corrected chi connectivity index (χ0v) is 15.7. The molecular formula is C19H19F3N2O3S. The van der Waals surface area contributed by atoms with Crippen LogP contribution in [0.1, 0.15) is 31.2 Å². The lowest BCUT2D eigenvalue weighted by atomic mass is 10.0. The third-order valence-electron chi connectivity index (χ3n) is 5.28. The van der Waals surface area contributed by atoms with Crippen LogP contribution >= 0.6 is 0 Å². The average molecular weight is 412 g/mol. The number of rotatable bonds is 4. The normalized spacial score (nSPS) is 25.6. The Balaban J connectivity index is 1.56. The number of fused-ring (bicyclic) bond motifs is 2. The molecule has 0 saturated carbocycles. The van der Waals surface area contributed by atoms with Crippen molar-refractivity contribution in [3.8, 4) is 5.88 Å². The van der Waals surface area contributed by atoms with Gasteiger partial charge in [-0.25, -0.2) is 13.4 Å². The number of hydrogen-bond acceptors (Lipinski definition) is 4. The van der Waals surface area contributed by atoms with Crippen molar-refractivity contribution in [1.82, 2.24) is 9.29 Å². The molecule has 2 atom stereocenters. The van der Waals surface area contributed by atoms with Crippen molar-refractivity contribution in [1.29, 1.82) is 0 Å². The maximum atomic E-state index is 13.1. The van der Waals surface area contributed by atoms with E-state index in [9.17, 15) is 21.6 Å². The van der Waals surface area contributed by atoms with Gasteiger partial charge in [0.25, 0.3) is 0 Å². The first kappa shape index (κ1) is 19.2. The number of alkyl halides is 3. The number of piperidine rings is 1. The van der Waals surface area contributed by atoms with E-state index in [-0.39, 0.29) is 23.1 Å². The highest BCUT2D eigenvalue weighted by molar-refractivity contribution is 7.89. The summed E-state index contributed by atoms with van der Waals surface area (Å²) in [6.45, 7) is 0. The van der Waals surface area contributed by atoms with Gasteiger partial charge in [0.05, 0.1) is 10.5 Å². The predicted octanol–water partition coefficient (Wildman–Crippen LogP) is 3.86. The highest BCUT2D eigenvalue weighted by Gasteiger charge is 2.48. The minimum Gasteiger partial charge on any atom is -0.474 e. The van der Waals surface area contributed by atoms with E-state index in [1.165, 1.54) is 10.4 Å². The number of pyridine rings is 1. The second-order valence-corrected chi connectivity index (χ2v) is 8.97. The van der Waals surface area contributed by atoms with Gasteiger partial charge in [-0.15, -0.1) is 0 Å². The third-order valence-corrected chi connectivity index (χ3v) is 7.29. The summed E-state index contributed by atoms with van der Waals surface area (Å²) < 4.78 is 72.4. The summed E-state index contributed by atoms with van der Waals surface area (Å²) >= 11 is 0. The Morgan fingerprint density at radius 1 is 1.04 bits per heavy atom. The van der Waals surface area contributed by atoms with E-state index in [2.05, 4.69) is 4.98 Å². The van der Waals surface area contributed by atoms with Crippen LogP contribution in [0.2, 0.25) is 0 Å². The first-order chi connectivity index (χ1) is 13.2. The molecule has 0 amide bonds. The molecule has 28 heavy (non-hydrogen) atoms. The van der Waals surface area contributed by atoms with Crippen LogP contribution in [0.5, 0.6) is 5.88 Å². The molecule has 2 aromatic rings. The van der Waals surface area contributed by atoms with Gasteiger partial charge in [-0.3, -0.25) is 0 Å². The lowest BCUT2D eigenvalue weighted by Gasteiger charge is -2.37. The summed E-state index contributed by atoms with van der Waals surface area (Å²) in [5.41, 5.74) is -0.964. The summed E-state index contributed by atoms with van der Waals surface area (Å²) in [7, 11) is -4.01. The van der Waals surface area contributed by atoms with Crippen LogP contribution in [-0.4, -0.2) is 35.9 Å². The molecule has 0 radical (unpaired) electrons. The van der Waals surface area contributed by atoms with Crippen molar-refractivity contribution in [3.05, 3.63) is 54.2 Å². The van der Waals surface area contributed by atoms with Crippen LogP contribution < -0.4 is 4.74 Å². The van der Waals surface area contributed by atoms with Gasteiger partial charge in [-0.1, -0.05) is 12.1 Å². The molecule has 2 unspecified atom stereocenters. The molecule has 4 rings (SSSR count). The van der Waals surface area contributed by atoms with E-state index in [1.807, 2.05) is 6.07 Å². The summed E-state index contributed by atoms with van der Waals surface area (Å²) in [6.07, 6.45) is -0.808. The second kappa shape index (κ2) is 7.04. The van der Waals surface area contributed by atoms with Crippen LogP contribution in [0.15, 0.2) is 53.6 Å². The molecule has 5 nitrogen and oxygen atoms in total. The van der Waals surface area contributed by atoms with Crippen molar-refractivity contribution in [2.24, 2.45) is 0 Å². The first-order valence-electron chi connectivity index (χ1n) is 9.03. The van der Waals surface area contributed by atoms with Crippen molar-refractivity contribution < 1.29 is 26.3 Å². The summed E-state index contributed by atoms with van der Waals surface area (Å²) in [6, 6.07) is 8.71. The molecule has 2 saturated heterocycles. The Kier molecular flexibility index (Phi) is 4.83. The quantitative estimate of drug-likeness (QED) is 0.765.